The van der Waals surface area contributed by atoms with Gasteiger partial charge in [0.2, 0.25) is 0 Å². The highest BCUT2D eigenvalue weighted by Gasteiger charge is 2.26. The van der Waals surface area contributed by atoms with Crippen LogP contribution in [0.3, 0.4) is 0 Å². The highest BCUT2D eigenvalue weighted by molar-refractivity contribution is 6.06. The lowest BCUT2D eigenvalue weighted by Gasteiger charge is -2.23. The van der Waals surface area contributed by atoms with Crippen molar-refractivity contribution >= 4 is 17.4 Å². The maximum absolute atomic E-state index is 13.3. The molecule has 1 amide bonds. The molecule has 10 heteroatoms. The quantitative estimate of drug-likeness (QED) is 0.571. The average molecular weight is 428 g/mol. The number of H-pyrrole nitrogens is 1. The number of nitrogen functional groups attached to an aromatic ring is 1. The van der Waals surface area contributed by atoms with Gasteiger partial charge in [0.25, 0.3) is 11.5 Å². The molecule has 164 valence electrons. The number of hydrogen-bond donors (Lipinski definition) is 2. The van der Waals surface area contributed by atoms with E-state index >= 15 is 0 Å². The Morgan fingerprint density at radius 1 is 1.16 bits per heavy atom. The highest BCUT2D eigenvalue weighted by atomic mass is 19.1. The monoisotopic (exact) mass is 428 g/mol. The van der Waals surface area contributed by atoms with Crippen LogP contribution in [0.2, 0.25) is 0 Å². The molecule has 2 aromatic heterocycles. The zero-order valence-electron chi connectivity index (χ0n) is 17.5. The predicted octanol–water partition coefficient (Wildman–Crippen LogP) is 2.30. The third kappa shape index (κ3) is 4.57. The Hall–Kier alpha value is -3.69. The molecule has 31 heavy (non-hydrogen) atoms. The standard InChI is InChI=1S/C21H25FN6O3/c1-3-5-12-26(17-18(23)27(11-4-2)21(31)24-19(17)29)20(30)16-10-13-28(25-16)15-8-6-14(22)7-9-15/h6-10,13H,3-5,11-12,23H2,1-2H3,(H,24,29,31). The fourth-order valence-electron chi connectivity index (χ4n) is 3.23. The number of carbonyl (C=O) groups excluding carboxylic acids is 1. The van der Waals surface area contributed by atoms with Gasteiger partial charge in [-0.3, -0.25) is 24.0 Å². The van der Waals surface area contributed by atoms with Crippen LogP contribution >= 0.6 is 0 Å². The molecule has 0 saturated heterocycles. The summed E-state index contributed by atoms with van der Waals surface area (Å²) < 4.78 is 15.9. The number of nitrogens with two attached hydrogens (primary N) is 1. The van der Waals surface area contributed by atoms with E-state index in [4.69, 9.17) is 5.73 Å². The largest absolute Gasteiger partial charge is 0.383 e. The Kier molecular flexibility index (Phi) is 6.68. The molecule has 0 atom stereocenters. The van der Waals surface area contributed by atoms with Gasteiger partial charge in [-0.25, -0.2) is 13.9 Å². The van der Waals surface area contributed by atoms with E-state index < -0.39 is 17.2 Å². The fraction of sp³-hybridized carbons (Fsp3) is 0.333. The maximum Gasteiger partial charge on any atom is 0.330 e. The zero-order chi connectivity index (χ0) is 22.5. The molecule has 0 bridgehead atoms. The van der Waals surface area contributed by atoms with Gasteiger partial charge in [-0.05, 0) is 43.2 Å². The Bertz CT molecular complexity index is 1180. The lowest BCUT2D eigenvalue weighted by molar-refractivity contribution is 0.0981. The number of rotatable bonds is 8. The van der Waals surface area contributed by atoms with E-state index in [9.17, 15) is 18.8 Å². The Labute approximate surface area is 177 Å². The summed E-state index contributed by atoms with van der Waals surface area (Å²) in [4.78, 5) is 41.6. The van der Waals surface area contributed by atoms with Crippen LogP contribution < -0.4 is 21.9 Å². The van der Waals surface area contributed by atoms with E-state index in [1.807, 2.05) is 13.8 Å². The topological polar surface area (TPSA) is 119 Å². The smallest absolute Gasteiger partial charge is 0.330 e. The number of aromatic amines is 1. The molecule has 3 rings (SSSR count). The third-order valence-electron chi connectivity index (χ3n) is 4.81. The number of nitrogens with one attached hydrogen (secondary N) is 1. The first kappa shape index (κ1) is 22.0. The molecule has 0 unspecified atom stereocenters. The van der Waals surface area contributed by atoms with Crippen molar-refractivity contribution < 1.29 is 9.18 Å². The van der Waals surface area contributed by atoms with Crippen LogP contribution in [0, 0.1) is 5.82 Å². The van der Waals surface area contributed by atoms with Crippen LogP contribution in [-0.2, 0) is 6.54 Å². The molecule has 0 aliphatic rings. The van der Waals surface area contributed by atoms with Gasteiger partial charge in [0, 0.05) is 19.3 Å². The van der Waals surface area contributed by atoms with Crippen molar-refractivity contribution in [3.8, 4) is 5.69 Å². The summed E-state index contributed by atoms with van der Waals surface area (Å²) in [6.45, 7) is 4.37. The summed E-state index contributed by atoms with van der Waals surface area (Å²) in [7, 11) is 0. The van der Waals surface area contributed by atoms with E-state index in [-0.39, 0.29) is 29.6 Å². The minimum atomic E-state index is -0.725. The summed E-state index contributed by atoms with van der Waals surface area (Å²) in [5.41, 5.74) is 5.42. The average Bonchev–Trinajstić information content (AvgIpc) is 3.23. The molecule has 0 fully saturated rings. The number of anilines is 2. The number of nitrogens with zero attached hydrogens (tertiary/aromatic N) is 4. The van der Waals surface area contributed by atoms with E-state index in [0.717, 1.165) is 6.42 Å². The van der Waals surface area contributed by atoms with Crippen molar-refractivity contribution in [1.29, 1.82) is 0 Å². The van der Waals surface area contributed by atoms with Crippen LogP contribution in [0.25, 0.3) is 5.69 Å². The highest BCUT2D eigenvalue weighted by Crippen LogP contribution is 2.20. The normalized spacial score (nSPS) is 10.9. The number of aromatic nitrogens is 4. The SMILES string of the molecule is CCCCN(C(=O)c1ccn(-c2ccc(F)cc2)n1)c1c(N)n(CCC)c(=O)[nH]c1=O. The fourth-order valence-corrected chi connectivity index (χ4v) is 3.23. The van der Waals surface area contributed by atoms with Gasteiger partial charge in [-0.2, -0.15) is 5.10 Å². The molecule has 2 heterocycles. The first-order chi connectivity index (χ1) is 14.9. The first-order valence-electron chi connectivity index (χ1n) is 10.1. The number of halogens is 1. The van der Waals surface area contributed by atoms with Gasteiger partial charge in [0.1, 0.15) is 11.6 Å². The minimum Gasteiger partial charge on any atom is -0.383 e. The van der Waals surface area contributed by atoms with Crippen molar-refractivity contribution in [2.24, 2.45) is 0 Å². The number of unbranched alkanes of at least 4 members (excludes halogenated alkanes) is 1. The van der Waals surface area contributed by atoms with Crippen molar-refractivity contribution in [1.82, 2.24) is 19.3 Å². The minimum absolute atomic E-state index is 0.0574. The molecule has 3 N–H and O–H groups in total. The van der Waals surface area contributed by atoms with E-state index in [2.05, 4.69) is 10.1 Å². The lowest BCUT2D eigenvalue weighted by Crippen LogP contribution is -2.41. The molecule has 3 aromatic rings. The summed E-state index contributed by atoms with van der Waals surface area (Å²) in [5.74, 6) is -0.957. The number of hydrogen-bond acceptors (Lipinski definition) is 5. The predicted molar refractivity (Wildman–Crippen MR) is 116 cm³/mol. The van der Waals surface area contributed by atoms with E-state index in [1.165, 1.54) is 44.5 Å². The second-order valence-corrected chi connectivity index (χ2v) is 7.08. The van der Waals surface area contributed by atoms with Gasteiger partial charge >= 0.3 is 5.69 Å². The third-order valence-corrected chi connectivity index (χ3v) is 4.81. The summed E-state index contributed by atoms with van der Waals surface area (Å²) in [6, 6.07) is 7.17. The zero-order valence-corrected chi connectivity index (χ0v) is 17.5. The number of amides is 1. The summed E-state index contributed by atoms with van der Waals surface area (Å²) >= 11 is 0. The molecule has 0 aliphatic carbocycles. The van der Waals surface area contributed by atoms with Crippen LogP contribution in [0.4, 0.5) is 15.9 Å². The molecular weight excluding hydrogens is 403 g/mol. The van der Waals surface area contributed by atoms with Crippen LogP contribution in [0.1, 0.15) is 43.6 Å². The van der Waals surface area contributed by atoms with Gasteiger partial charge in [-0.1, -0.05) is 20.3 Å². The molecule has 0 saturated carbocycles. The van der Waals surface area contributed by atoms with Gasteiger partial charge in [0.15, 0.2) is 11.4 Å². The van der Waals surface area contributed by atoms with Crippen LogP contribution in [-0.4, -0.2) is 31.8 Å². The Morgan fingerprint density at radius 3 is 2.52 bits per heavy atom. The van der Waals surface area contributed by atoms with Gasteiger partial charge in [0.05, 0.1) is 5.69 Å². The van der Waals surface area contributed by atoms with Gasteiger partial charge < -0.3 is 5.73 Å². The molecule has 0 radical (unpaired) electrons. The Morgan fingerprint density at radius 2 is 1.87 bits per heavy atom. The molecule has 0 spiro atoms. The second kappa shape index (κ2) is 9.41. The van der Waals surface area contributed by atoms with Gasteiger partial charge in [-0.15, -0.1) is 0 Å². The summed E-state index contributed by atoms with van der Waals surface area (Å²) in [6.07, 6.45) is 3.60. The van der Waals surface area contributed by atoms with Crippen LogP contribution in [0.5, 0.6) is 0 Å². The number of carbonyl (C=O) groups is 1. The van der Waals surface area contributed by atoms with E-state index in [1.54, 1.807) is 6.20 Å². The Balaban J connectivity index is 2.03. The summed E-state index contributed by atoms with van der Waals surface area (Å²) in [5, 5.41) is 4.28. The van der Waals surface area contributed by atoms with Crippen molar-refractivity contribution in [3.63, 3.8) is 0 Å². The lowest BCUT2D eigenvalue weighted by atomic mass is 10.2. The number of benzene rings is 1. The maximum atomic E-state index is 13.3. The molecule has 0 aliphatic heterocycles. The van der Waals surface area contributed by atoms with Crippen molar-refractivity contribution in [2.75, 3.05) is 17.2 Å². The van der Waals surface area contributed by atoms with Crippen LogP contribution in [0.15, 0.2) is 46.1 Å². The van der Waals surface area contributed by atoms with E-state index in [0.29, 0.717) is 25.1 Å². The second-order valence-electron chi connectivity index (χ2n) is 7.08. The first-order valence-corrected chi connectivity index (χ1v) is 10.1. The molecule has 9 nitrogen and oxygen atoms in total. The molecular formula is C21H25FN6O3. The van der Waals surface area contributed by atoms with Crippen molar-refractivity contribution in [3.05, 3.63) is 68.9 Å². The molecule has 1 aromatic carbocycles. The van der Waals surface area contributed by atoms with Crippen molar-refractivity contribution in [2.45, 2.75) is 39.7 Å².